The Balaban J connectivity index is 1.68. The van der Waals surface area contributed by atoms with E-state index in [2.05, 4.69) is 29.4 Å². The molecular weight excluding hydrogens is 324 g/mol. The van der Waals surface area contributed by atoms with Gasteiger partial charge >= 0.3 is 0 Å². The van der Waals surface area contributed by atoms with Crippen molar-refractivity contribution in [3.8, 4) is 5.75 Å². The minimum atomic E-state index is -0.0762. The van der Waals surface area contributed by atoms with Crippen LogP contribution in [-0.4, -0.2) is 32.7 Å². The van der Waals surface area contributed by atoms with Gasteiger partial charge in [0.15, 0.2) is 0 Å². The van der Waals surface area contributed by atoms with Crippen molar-refractivity contribution in [2.24, 2.45) is 0 Å². The van der Waals surface area contributed by atoms with Gasteiger partial charge in [-0.25, -0.2) is 0 Å². The average Bonchev–Trinajstić information content (AvgIpc) is 2.68. The highest BCUT2D eigenvalue weighted by Crippen LogP contribution is 2.19. The third-order valence-corrected chi connectivity index (χ3v) is 4.05. The van der Waals surface area contributed by atoms with E-state index in [0.29, 0.717) is 13.2 Å². The SMILES string of the molecule is CCOc1ccccc1/C=C/C(=O)NCCCCN(C)c1ccccc1. The maximum absolute atomic E-state index is 12.0. The van der Waals surface area contributed by atoms with Crippen LogP contribution >= 0.6 is 0 Å². The Morgan fingerprint density at radius 2 is 1.81 bits per heavy atom. The van der Waals surface area contributed by atoms with E-state index >= 15 is 0 Å². The maximum atomic E-state index is 12.0. The summed E-state index contributed by atoms with van der Waals surface area (Å²) in [5.74, 6) is 0.718. The minimum Gasteiger partial charge on any atom is -0.493 e. The number of nitrogens with zero attached hydrogens (tertiary/aromatic N) is 1. The molecule has 0 radical (unpaired) electrons. The normalized spacial score (nSPS) is 10.7. The highest BCUT2D eigenvalue weighted by atomic mass is 16.5. The first-order valence-electron chi connectivity index (χ1n) is 9.14. The van der Waals surface area contributed by atoms with Crippen molar-refractivity contribution in [1.82, 2.24) is 5.32 Å². The van der Waals surface area contributed by atoms with Crippen LogP contribution in [0.3, 0.4) is 0 Å². The molecule has 1 amide bonds. The van der Waals surface area contributed by atoms with Crippen molar-refractivity contribution in [2.75, 3.05) is 31.6 Å². The van der Waals surface area contributed by atoms with Gasteiger partial charge in [-0.05, 0) is 44.0 Å². The summed E-state index contributed by atoms with van der Waals surface area (Å²) in [6.07, 6.45) is 5.34. The molecule has 0 saturated carbocycles. The Bertz CT molecular complexity index is 698. The zero-order valence-corrected chi connectivity index (χ0v) is 15.7. The average molecular weight is 352 g/mol. The Morgan fingerprint density at radius 3 is 2.58 bits per heavy atom. The van der Waals surface area contributed by atoms with E-state index in [4.69, 9.17) is 4.74 Å². The molecule has 4 heteroatoms. The Morgan fingerprint density at radius 1 is 1.08 bits per heavy atom. The summed E-state index contributed by atoms with van der Waals surface area (Å²) in [5.41, 5.74) is 2.13. The van der Waals surface area contributed by atoms with Crippen molar-refractivity contribution in [3.63, 3.8) is 0 Å². The van der Waals surface area contributed by atoms with Crippen LogP contribution < -0.4 is 15.0 Å². The van der Waals surface area contributed by atoms with Crippen LogP contribution in [-0.2, 0) is 4.79 Å². The molecule has 0 heterocycles. The predicted octanol–water partition coefficient (Wildman–Crippen LogP) is 4.13. The van der Waals surface area contributed by atoms with Gasteiger partial charge in [0.2, 0.25) is 5.91 Å². The highest BCUT2D eigenvalue weighted by Gasteiger charge is 2.01. The molecule has 0 unspecified atom stereocenters. The number of unbranched alkanes of at least 4 members (excludes halogenated alkanes) is 1. The Hall–Kier alpha value is -2.75. The third kappa shape index (κ3) is 6.63. The van der Waals surface area contributed by atoms with Crippen LogP contribution in [0.5, 0.6) is 5.75 Å². The molecular formula is C22H28N2O2. The summed E-state index contributed by atoms with van der Waals surface area (Å²) in [5, 5.41) is 2.93. The van der Waals surface area contributed by atoms with Gasteiger partial charge in [0.1, 0.15) is 5.75 Å². The van der Waals surface area contributed by atoms with Gasteiger partial charge in [-0.3, -0.25) is 4.79 Å². The lowest BCUT2D eigenvalue weighted by Crippen LogP contribution is -2.24. The number of nitrogens with one attached hydrogen (secondary N) is 1. The third-order valence-electron chi connectivity index (χ3n) is 4.05. The monoisotopic (exact) mass is 352 g/mol. The van der Waals surface area contributed by atoms with E-state index in [1.54, 1.807) is 12.2 Å². The van der Waals surface area contributed by atoms with E-state index < -0.39 is 0 Å². The van der Waals surface area contributed by atoms with E-state index in [1.807, 2.05) is 49.4 Å². The van der Waals surface area contributed by atoms with Crippen LogP contribution in [0.1, 0.15) is 25.3 Å². The first-order valence-corrected chi connectivity index (χ1v) is 9.14. The van der Waals surface area contributed by atoms with E-state index in [9.17, 15) is 4.79 Å². The van der Waals surface area contributed by atoms with Crippen molar-refractivity contribution >= 4 is 17.7 Å². The minimum absolute atomic E-state index is 0.0762. The van der Waals surface area contributed by atoms with Crippen molar-refractivity contribution in [2.45, 2.75) is 19.8 Å². The number of hydrogen-bond donors (Lipinski definition) is 1. The number of para-hydroxylation sites is 2. The quantitative estimate of drug-likeness (QED) is 0.516. The topological polar surface area (TPSA) is 41.6 Å². The van der Waals surface area contributed by atoms with E-state index in [0.717, 1.165) is 30.7 Å². The second kappa shape index (κ2) is 11.0. The number of rotatable bonds is 10. The molecule has 0 spiro atoms. The summed E-state index contributed by atoms with van der Waals surface area (Å²) >= 11 is 0. The summed E-state index contributed by atoms with van der Waals surface area (Å²) in [6, 6.07) is 18.0. The molecule has 26 heavy (non-hydrogen) atoms. The Labute approximate surface area is 156 Å². The second-order valence-electron chi connectivity index (χ2n) is 6.06. The van der Waals surface area contributed by atoms with Crippen LogP contribution in [0.4, 0.5) is 5.69 Å². The van der Waals surface area contributed by atoms with Gasteiger partial charge in [-0.1, -0.05) is 36.4 Å². The number of carbonyl (C=O) groups is 1. The van der Waals surface area contributed by atoms with Crippen molar-refractivity contribution < 1.29 is 9.53 Å². The van der Waals surface area contributed by atoms with Crippen LogP contribution in [0.15, 0.2) is 60.7 Å². The molecule has 2 aromatic rings. The van der Waals surface area contributed by atoms with Gasteiger partial charge in [-0.2, -0.15) is 0 Å². The molecule has 2 rings (SSSR count). The molecule has 0 saturated heterocycles. The first kappa shape index (κ1) is 19.6. The fourth-order valence-electron chi connectivity index (χ4n) is 2.63. The zero-order chi connectivity index (χ0) is 18.6. The number of amides is 1. The molecule has 138 valence electrons. The van der Waals surface area contributed by atoms with Gasteiger partial charge in [0, 0.05) is 37.5 Å². The highest BCUT2D eigenvalue weighted by molar-refractivity contribution is 5.92. The van der Waals surface area contributed by atoms with Gasteiger partial charge in [0.25, 0.3) is 0 Å². The molecule has 2 aromatic carbocycles. The fraction of sp³-hybridized carbons (Fsp3) is 0.318. The van der Waals surface area contributed by atoms with Crippen LogP contribution in [0, 0.1) is 0 Å². The lowest BCUT2D eigenvalue weighted by atomic mass is 10.2. The Kier molecular flexibility index (Phi) is 8.27. The van der Waals surface area contributed by atoms with Crippen molar-refractivity contribution in [3.05, 3.63) is 66.2 Å². The second-order valence-corrected chi connectivity index (χ2v) is 6.06. The van der Waals surface area contributed by atoms with Crippen molar-refractivity contribution in [1.29, 1.82) is 0 Å². The number of anilines is 1. The predicted molar refractivity (Wildman–Crippen MR) is 109 cm³/mol. The van der Waals surface area contributed by atoms with Crippen LogP contribution in [0.25, 0.3) is 6.08 Å². The molecule has 4 nitrogen and oxygen atoms in total. The largest absolute Gasteiger partial charge is 0.493 e. The molecule has 0 aliphatic carbocycles. The summed E-state index contributed by atoms with van der Waals surface area (Å²) in [4.78, 5) is 14.2. The molecule has 0 aliphatic heterocycles. The molecule has 0 bridgehead atoms. The van der Waals surface area contributed by atoms with Gasteiger partial charge in [-0.15, -0.1) is 0 Å². The maximum Gasteiger partial charge on any atom is 0.244 e. The first-order chi connectivity index (χ1) is 12.7. The molecule has 0 aromatic heterocycles. The number of hydrogen-bond acceptors (Lipinski definition) is 3. The molecule has 0 atom stereocenters. The molecule has 0 fully saturated rings. The molecule has 0 aliphatic rings. The summed E-state index contributed by atoms with van der Waals surface area (Å²) in [6.45, 7) is 4.20. The smallest absolute Gasteiger partial charge is 0.244 e. The molecule has 1 N–H and O–H groups in total. The lowest BCUT2D eigenvalue weighted by molar-refractivity contribution is -0.116. The number of ether oxygens (including phenoxy) is 1. The standard InChI is InChI=1S/C22H28N2O2/c1-3-26-21-14-8-7-11-19(21)15-16-22(25)23-17-9-10-18-24(2)20-12-5-4-6-13-20/h4-8,11-16H,3,9-10,17-18H2,1-2H3,(H,23,25)/b16-15+. The van der Waals surface area contributed by atoms with Crippen LogP contribution in [0.2, 0.25) is 0 Å². The van der Waals surface area contributed by atoms with Gasteiger partial charge in [0.05, 0.1) is 6.61 Å². The fourth-order valence-corrected chi connectivity index (χ4v) is 2.63. The van der Waals surface area contributed by atoms with E-state index in [1.165, 1.54) is 5.69 Å². The van der Waals surface area contributed by atoms with E-state index in [-0.39, 0.29) is 5.91 Å². The van der Waals surface area contributed by atoms with Gasteiger partial charge < -0.3 is 15.0 Å². The summed E-state index contributed by atoms with van der Waals surface area (Å²) < 4.78 is 5.55. The zero-order valence-electron chi connectivity index (χ0n) is 15.7. The lowest BCUT2D eigenvalue weighted by Gasteiger charge is -2.18. The number of benzene rings is 2. The summed E-state index contributed by atoms with van der Waals surface area (Å²) in [7, 11) is 2.09. The number of carbonyl (C=O) groups excluding carboxylic acids is 1.